The molecule has 0 unspecified atom stereocenters. The first-order valence-electron chi connectivity index (χ1n) is 7.10. The molecule has 1 amide bonds. The number of hydrogen-bond acceptors (Lipinski definition) is 3. The molecule has 1 heterocycles. The summed E-state index contributed by atoms with van der Waals surface area (Å²) in [6.07, 6.45) is 6.92. The average molecular weight is 263 g/mol. The van der Waals surface area contributed by atoms with Gasteiger partial charge in [-0.25, -0.2) is 0 Å². The van der Waals surface area contributed by atoms with Gasteiger partial charge in [-0.05, 0) is 18.4 Å². The third kappa shape index (κ3) is 6.22. The Bertz CT molecular complexity index is 391. The Kier molecular flexibility index (Phi) is 6.93. The second-order valence-electron chi connectivity index (χ2n) is 5.20. The van der Waals surface area contributed by atoms with Gasteiger partial charge >= 0.3 is 0 Å². The minimum absolute atomic E-state index is 0.0570. The molecule has 1 rings (SSSR count). The fraction of sp³-hybridized carbons (Fsp3) is 0.600. The number of nitrogens with zero attached hydrogens (tertiary/aromatic N) is 1. The van der Waals surface area contributed by atoms with Crippen LogP contribution in [0.25, 0.3) is 0 Å². The van der Waals surface area contributed by atoms with E-state index in [9.17, 15) is 4.79 Å². The maximum absolute atomic E-state index is 11.9. The van der Waals surface area contributed by atoms with E-state index in [2.05, 4.69) is 36.4 Å². The zero-order chi connectivity index (χ0) is 14.1. The maximum Gasteiger partial charge on any atom is 0.252 e. The number of amides is 1. The van der Waals surface area contributed by atoms with Crippen LogP contribution in [0.1, 0.15) is 50.4 Å². The lowest BCUT2D eigenvalue weighted by atomic mass is 10.2. The summed E-state index contributed by atoms with van der Waals surface area (Å²) in [5, 5.41) is 6.19. The third-order valence-corrected chi connectivity index (χ3v) is 2.78. The molecule has 19 heavy (non-hydrogen) atoms. The van der Waals surface area contributed by atoms with Crippen LogP contribution in [0, 0.1) is 5.92 Å². The van der Waals surface area contributed by atoms with Crippen LogP contribution < -0.4 is 10.6 Å². The molecule has 1 aromatic heterocycles. The lowest BCUT2D eigenvalue weighted by molar-refractivity contribution is 0.0948. The van der Waals surface area contributed by atoms with E-state index in [1.54, 1.807) is 12.4 Å². The summed E-state index contributed by atoms with van der Waals surface area (Å²) in [4.78, 5) is 16.0. The predicted molar refractivity (Wildman–Crippen MR) is 79.4 cm³/mol. The summed E-state index contributed by atoms with van der Waals surface area (Å²) in [5.41, 5.74) is 1.52. The average Bonchev–Trinajstić information content (AvgIpc) is 2.41. The number of carbonyl (C=O) groups is 1. The van der Waals surface area contributed by atoms with Crippen LogP contribution in [-0.4, -0.2) is 24.0 Å². The van der Waals surface area contributed by atoms with E-state index >= 15 is 0 Å². The molecule has 0 spiro atoms. The number of rotatable bonds is 8. The van der Waals surface area contributed by atoms with E-state index in [0.717, 1.165) is 18.7 Å². The first kappa shape index (κ1) is 15.5. The molecule has 4 heteroatoms. The Balaban J connectivity index is 2.49. The van der Waals surface area contributed by atoms with E-state index in [-0.39, 0.29) is 5.91 Å². The Morgan fingerprint density at radius 3 is 2.79 bits per heavy atom. The number of aromatic nitrogens is 1. The minimum Gasteiger partial charge on any atom is -0.384 e. The Morgan fingerprint density at radius 1 is 1.32 bits per heavy atom. The van der Waals surface area contributed by atoms with Crippen molar-refractivity contribution >= 4 is 11.6 Å². The van der Waals surface area contributed by atoms with Crippen molar-refractivity contribution in [2.75, 3.05) is 18.4 Å². The van der Waals surface area contributed by atoms with Crippen LogP contribution >= 0.6 is 0 Å². The highest BCUT2D eigenvalue weighted by Crippen LogP contribution is 2.09. The molecule has 0 fully saturated rings. The van der Waals surface area contributed by atoms with Crippen molar-refractivity contribution in [2.24, 2.45) is 5.92 Å². The molecular weight excluding hydrogens is 238 g/mol. The van der Waals surface area contributed by atoms with Crippen molar-refractivity contribution in [3.05, 3.63) is 24.0 Å². The van der Waals surface area contributed by atoms with Gasteiger partial charge in [-0.1, -0.05) is 33.6 Å². The number of pyridine rings is 1. The molecule has 0 bridgehead atoms. The first-order chi connectivity index (χ1) is 9.13. The van der Waals surface area contributed by atoms with Crippen molar-refractivity contribution < 1.29 is 4.79 Å². The van der Waals surface area contributed by atoms with Gasteiger partial charge in [-0.3, -0.25) is 9.78 Å². The molecule has 1 aromatic rings. The summed E-state index contributed by atoms with van der Waals surface area (Å²) in [6, 6.07) is 1.86. The Hall–Kier alpha value is -1.58. The van der Waals surface area contributed by atoms with Gasteiger partial charge in [0.25, 0.3) is 5.91 Å². The molecule has 106 valence electrons. The predicted octanol–water partition coefficient (Wildman–Crippen LogP) is 3.07. The second-order valence-corrected chi connectivity index (χ2v) is 5.20. The minimum atomic E-state index is -0.0570. The van der Waals surface area contributed by atoms with Crippen molar-refractivity contribution in [3.63, 3.8) is 0 Å². The molecule has 4 nitrogen and oxygen atoms in total. The third-order valence-electron chi connectivity index (χ3n) is 2.78. The largest absolute Gasteiger partial charge is 0.384 e. The fourth-order valence-electron chi connectivity index (χ4n) is 1.67. The van der Waals surface area contributed by atoms with Gasteiger partial charge in [0.15, 0.2) is 0 Å². The van der Waals surface area contributed by atoms with Crippen LogP contribution in [0.5, 0.6) is 0 Å². The monoisotopic (exact) mass is 263 g/mol. The molecular formula is C15H25N3O. The van der Waals surface area contributed by atoms with Crippen LogP contribution in [0.3, 0.4) is 0 Å². The van der Waals surface area contributed by atoms with Gasteiger partial charge in [-0.15, -0.1) is 0 Å². The summed E-state index contributed by atoms with van der Waals surface area (Å²) in [6.45, 7) is 7.94. The van der Waals surface area contributed by atoms with Gasteiger partial charge in [-0.2, -0.15) is 0 Å². The number of unbranched alkanes of at least 4 members (excludes halogenated alkanes) is 2. The van der Waals surface area contributed by atoms with Crippen molar-refractivity contribution in [3.8, 4) is 0 Å². The zero-order valence-electron chi connectivity index (χ0n) is 12.2. The summed E-state index contributed by atoms with van der Waals surface area (Å²) in [5.74, 6) is 0.394. The number of carbonyl (C=O) groups excluding carboxylic acids is 1. The molecule has 0 atom stereocenters. The molecule has 0 saturated heterocycles. The highest BCUT2D eigenvalue weighted by Gasteiger charge is 2.07. The van der Waals surface area contributed by atoms with Gasteiger partial charge in [0.05, 0.1) is 11.3 Å². The normalized spacial score (nSPS) is 10.5. The zero-order valence-corrected chi connectivity index (χ0v) is 12.2. The molecule has 0 aliphatic rings. The SMILES string of the molecule is CCCCCNc1cncc(C(=O)NCC(C)C)c1. The number of hydrogen-bond donors (Lipinski definition) is 2. The van der Waals surface area contributed by atoms with E-state index < -0.39 is 0 Å². The molecule has 0 aliphatic heterocycles. The highest BCUT2D eigenvalue weighted by molar-refractivity contribution is 5.94. The smallest absolute Gasteiger partial charge is 0.252 e. The lowest BCUT2D eigenvalue weighted by Crippen LogP contribution is -2.27. The molecule has 0 aromatic carbocycles. The van der Waals surface area contributed by atoms with E-state index in [1.165, 1.54) is 12.8 Å². The first-order valence-corrected chi connectivity index (χ1v) is 7.10. The van der Waals surface area contributed by atoms with Gasteiger partial charge < -0.3 is 10.6 Å². The van der Waals surface area contributed by atoms with Gasteiger partial charge in [0.1, 0.15) is 0 Å². The van der Waals surface area contributed by atoms with Crippen LogP contribution in [-0.2, 0) is 0 Å². The quantitative estimate of drug-likeness (QED) is 0.709. The van der Waals surface area contributed by atoms with Crippen LogP contribution in [0.15, 0.2) is 18.5 Å². The maximum atomic E-state index is 11.9. The summed E-state index contributed by atoms with van der Waals surface area (Å²) >= 11 is 0. The van der Waals surface area contributed by atoms with E-state index in [1.807, 2.05) is 6.07 Å². The van der Waals surface area contributed by atoms with Crippen LogP contribution in [0.4, 0.5) is 5.69 Å². The second kappa shape index (κ2) is 8.51. The molecule has 0 aliphatic carbocycles. The molecule has 2 N–H and O–H groups in total. The highest BCUT2D eigenvalue weighted by atomic mass is 16.1. The van der Waals surface area contributed by atoms with Crippen molar-refractivity contribution in [1.82, 2.24) is 10.3 Å². The topological polar surface area (TPSA) is 54.0 Å². The number of nitrogens with one attached hydrogen (secondary N) is 2. The Labute approximate surface area is 116 Å². The lowest BCUT2D eigenvalue weighted by Gasteiger charge is -2.09. The van der Waals surface area contributed by atoms with E-state index in [4.69, 9.17) is 0 Å². The standard InChI is InChI=1S/C15H25N3O/c1-4-5-6-7-17-14-8-13(10-16-11-14)15(19)18-9-12(2)3/h8,10-12,17H,4-7,9H2,1-3H3,(H,18,19). The summed E-state index contributed by atoms with van der Waals surface area (Å²) in [7, 11) is 0. The van der Waals surface area contributed by atoms with Crippen LogP contribution in [0.2, 0.25) is 0 Å². The van der Waals surface area contributed by atoms with Gasteiger partial charge in [0, 0.05) is 25.5 Å². The Morgan fingerprint density at radius 2 is 2.11 bits per heavy atom. The number of anilines is 1. The van der Waals surface area contributed by atoms with Gasteiger partial charge in [0.2, 0.25) is 0 Å². The fourth-order valence-corrected chi connectivity index (χ4v) is 1.67. The molecule has 0 saturated carbocycles. The molecule has 0 radical (unpaired) electrons. The van der Waals surface area contributed by atoms with E-state index in [0.29, 0.717) is 18.0 Å². The van der Waals surface area contributed by atoms with Crippen molar-refractivity contribution in [2.45, 2.75) is 40.0 Å². The summed E-state index contributed by atoms with van der Waals surface area (Å²) < 4.78 is 0. The van der Waals surface area contributed by atoms with Crippen molar-refractivity contribution in [1.29, 1.82) is 0 Å².